The minimum Gasteiger partial charge on any atom is -0.466 e. The van der Waals surface area contributed by atoms with E-state index < -0.39 is 16.1 Å². The topological polar surface area (TPSA) is 113 Å². The molecule has 10 heteroatoms. The van der Waals surface area contributed by atoms with E-state index in [1.54, 1.807) is 35.8 Å². The molecule has 1 saturated heterocycles. The highest BCUT2D eigenvalue weighted by atomic mass is 32.2. The summed E-state index contributed by atoms with van der Waals surface area (Å²) in [7, 11) is -3.96. The number of likely N-dealkylation sites (tertiary alicyclic amines) is 1. The standard InChI is InChI=1S/C25H37N3O6S/c1-5-23(29)28-14-11-19-16-20(7-8-22(19)28)35(32,33)26-21(15-17(3)4)24(30)27-12-9-18(10-13-27)25(31)34-6-2/h7-8,16-18,21,26H,5-6,9-15H2,1-4H3/t21-/m0/s1. The lowest BCUT2D eigenvalue weighted by molar-refractivity contribution is -0.151. The molecule has 2 amide bonds. The number of sulfonamides is 1. The summed E-state index contributed by atoms with van der Waals surface area (Å²) in [5, 5.41) is 0. The molecule has 0 aromatic heterocycles. The van der Waals surface area contributed by atoms with Crippen molar-refractivity contribution >= 4 is 33.5 Å². The zero-order valence-corrected chi connectivity index (χ0v) is 21.9. The molecule has 2 aliphatic rings. The number of amides is 2. The predicted molar refractivity (Wildman–Crippen MR) is 132 cm³/mol. The molecule has 35 heavy (non-hydrogen) atoms. The summed E-state index contributed by atoms with van der Waals surface area (Å²) in [6.07, 6.45) is 2.35. The molecule has 0 radical (unpaired) electrons. The van der Waals surface area contributed by atoms with Crippen LogP contribution in [0.25, 0.3) is 0 Å². The van der Waals surface area contributed by atoms with Gasteiger partial charge in [0, 0.05) is 31.7 Å². The first-order valence-electron chi connectivity index (χ1n) is 12.5. The molecule has 2 aliphatic heterocycles. The SMILES string of the molecule is CCOC(=O)C1CCN(C(=O)[C@H](CC(C)C)NS(=O)(=O)c2ccc3c(c2)CCN3C(=O)CC)CC1. The van der Waals surface area contributed by atoms with Gasteiger partial charge in [-0.2, -0.15) is 4.72 Å². The third-order valence-electron chi connectivity index (χ3n) is 6.59. The number of esters is 1. The van der Waals surface area contributed by atoms with E-state index in [-0.39, 0.29) is 34.5 Å². The lowest BCUT2D eigenvalue weighted by Gasteiger charge is -2.34. The number of anilines is 1. The lowest BCUT2D eigenvalue weighted by atomic mass is 9.95. The van der Waals surface area contributed by atoms with Crippen LogP contribution >= 0.6 is 0 Å². The van der Waals surface area contributed by atoms with Gasteiger partial charge < -0.3 is 14.5 Å². The van der Waals surface area contributed by atoms with Crippen molar-refractivity contribution in [3.8, 4) is 0 Å². The minimum atomic E-state index is -3.96. The molecule has 194 valence electrons. The Kier molecular flexibility index (Phi) is 8.93. The first kappa shape index (κ1) is 27.1. The highest BCUT2D eigenvalue weighted by Crippen LogP contribution is 2.31. The molecule has 9 nitrogen and oxygen atoms in total. The highest BCUT2D eigenvalue weighted by molar-refractivity contribution is 7.89. The van der Waals surface area contributed by atoms with Crippen LogP contribution in [0.3, 0.4) is 0 Å². The second-order valence-electron chi connectivity index (χ2n) is 9.59. The Balaban J connectivity index is 1.73. The average molecular weight is 508 g/mol. The summed E-state index contributed by atoms with van der Waals surface area (Å²) >= 11 is 0. The number of nitrogens with zero attached hydrogens (tertiary/aromatic N) is 2. The number of hydrogen-bond acceptors (Lipinski definition) is 6. The van der Waals surface area contributed by atoms with E-state index in [0.717, 1.165) is 11.3 Å². The fraction of sp³-hybridized carbons (Fsp3) is 0.640. The molecule has 1 aromatic carbocycles. The maximum absolute atomic E-state index is 13.3. The summed E-state index contributed by atoms with van der Waals surface area (Å²) < 4.78 is 34.3. The maximum atomic E-state index is 13.3. The highest BCUT2D eigenvalue weighted by Gasteiger charge is 2.34. The molecule has 1 aromatic rings. The minimum absolute atomic E-state index is 0.00630. The van der Waals surface area contributed by atoms with E-state index in [0.29, 0.717) is 58.3 Å². The molecule has 0 saturated carbocycles. The Morgan fingerprint density at radius 3 is 2.40 bits per heavy atom. The van der Waals surface area contributed by atoms with Crippen molar-refractivity contribution in [2.24, 2.45) is 11.8 Å². The van der Waals surface area contributed by atoms with Gasteiger partial charge in [-0.25, -0.2) is 8.42 Å². The van der Waals surface area contributed by atoms with Crippen LogP contribution in [-0.2, 0) is 35.6 Å². The molecule has 2 heterocycles. The van der Waals surface area contributed by atoms with Gasteiger partial charge in [0.05, 0.1) is 17.4 Å². The normalized spacial score (nSPS) is 17.4. The van der Waals surface area contributed by atoms with E-state index >= 15 is 0 Å². The van der Waals surface area contributed by atoms with Crippen LogP contribution in [-0.4, -0.2) is 63.4 Å². The van der Waals surface area contributed by atoms with Gasteiger partial charge in [-0.15, -0.1) is 0 Å². The van der Waals surface area contributed by atoms with Crippen molar-refractivity contribution in [3.05, 3.63) is 23.8 Å². The third kappa shape index (κ3) is 6.41. The predicted octanol–water partition coefficient (Wildman–Crippen LogP) is 2.48. The van der Waals surface area contributed by atoms with E-state index in [1.165, 1.54) is 6.07 Å². The number of carbonyl (C=O) groups excluding carboxylic acids is 3. The van der Waals surface area contributed by atoms with Gasteiger partial charge >= 0.3 is 5.97 Å². The quantitative estimate of drug-likeness (QED) is 0.514. The Labute approximate surface area is 208 Å². The van der Waals surface area contributed by atoms with E-state index in [2.05, 4.69) is 4.72 Å². The average Bonchev–Trinajstić information content (AvgIpc) is 3.26. The van der Waals surface area contributed by atoms with Crippen molar-refractivity contribution in [2.75, 3.05) is 31.1 Å². The molecular formula is C25H37N3O6S. The summed E-state index contributed by atoms with van der Waals surface area (Å²) in [6, 6.07) is 3.86. The fourth-order valence-electron chi connectivity index (χ4n) is 4.74. The molecule has 0 bridgehead atoms. The molecular weight excluding hydrogens is 470 g/mol. The Bertz CT molecular complexity index is 1050. The third-order valence-corrected chi connectivity index (χ3v) is 8.06. The molecule has 1 atom stereocenters. The van der Waals surface area contributed by atoms with Crippen molar-refractivity contribution < 1.29 is 27.5 Å². The van der Waals surface area contributed by atoms with Crippen LogP contribution < -0.4 is 9.62 Å². The second kappa shape index (κ2) is 11.5. The van der Waals surface area contributed by atoms with Gasteiger partial charge in [0.15, 0.2) is 0 Å². The van der Waals surface area contributed by atoms with Gasteiger partial charge in [0.2, 0.25) is 21.8 Å². The van der Waals surface area contributed by atoms with Crippen LogP contribution in [0.2, 0.25) is 0 Å². The van der Waals surface area contributed by atoms with Crippen molar-refractivity contribution in [1.82, 2.24) is 9.62 Å². The fourth-order valence-corrected chi connectivity index (χ4v) is 5.99. The zero-order valence-electron chi connectivity index (χ0n) is 21.1. The number of hydrogen-bond donors (Lipinski definition) is 1. The Morgan fingerprint density at radius 1 is 1.11 bits per heavy atom. The molecule has 1 fully saturated rings. The Hall–Kier alpha value is -2.46. The number of carbonyl (C=O) groups is 3. The summed E-state index contributed by atoms with van der Waals surface area (Å²) in [5.41, 5.74) is 1.55. The van der Waals surface area contributed by atoms with Gasteiger partial charge in [0.1, 0.15) is 6.04 Å². The van der Waals surface area contributed by atoms with Crippen LogP contribution in [0, 0.1) is 11.8 Å². The smallest absolute Gasteiger partial charge is 0.309 e. The number of ether oxygens (including phenoxy) is 1. The van der Waals surface area contributed by atoms with E-state index in [1.807, 2.05) is 13.8 Å². The first-order chi connectivity index (χ1) is 16.6. The monoisotopic (exact) mass is 507 g/mol. The number of nitrogens with one attached hydrogen (secondary N) is 1. The largest absolute Gasteiger partial charge is 0.466 e. The summed E-state index contributed by atoms with van der Waals surface area (Å²) in [5.74, 6) is -0.644. The summed E-state index contributed by atoms with van der Waals surface area (Å²) in [4.78, 5) is 40.9. The zero-order chi connectivity index (χ0) is 25.8. The van der Waals surface area contributed by atoms with Crippen LogP contribution in [0.15, 0.2) is 23.1 Å². The van der Waals surface area contributed by atoms with Crippen molar-refractivity contribution in [2.45, 2.75) is 70.7 Å². The van der Waals surface area contributed by atoms with Gasteiger partial charge in [0.25, 0.3) is 0 Å². The molecule has 3 rings (SSSR count). The van der Waals surface area contributed by atoms with Crippen molar-refractivity contribution in [3.63, 3.8) is 0 Å². The number of rotatable bonds is 9. The molecule has 0 aliphatic carbocycles. The summed E-state index contributed by atoms with van der Waals surface area (Å²) in [6.45, 7) is 9.08. The van der Waals surface area contributed by atoms with Crippen LogP contribution in [0.4, 0.5) is 5.69 Å². The molecule has 0 unspecified atom stereocenters. The Morgan fingerprint density at radius 2 is 1.80 bits per heavy atom. The van der Waals surface area contributed by atoms with Gasteiger partial charge in [-0.1, -0.05) is 20.8 Å². The first-order valence-corrected chi connectivity index (χ1v) is 14.0. The second-order valence-corrected chi connectivity index (χ2v) is 11.3. The van der Waals surface area contributed by atoms with Crippen LogP contribution in [0.5, 0.6) is 0 Å². The van der Waals surface area contributed by atoms with Gasteiger partial charge in [-0.3, -0.25) is 14.4 Å². The van der Waals surface area contributed by atoms with Crippen LogP contribution in [0.1, 0.15) is 58.9 Å². The molecule has 0 spiro atoms. The number of piperidine rings is 1. The molecule has 1 N–H and O–H groups in total. The van der Waals surface area contributed by atoms with E-state index in [4.69, 9.17) is 4.74 Å². The van der Waals surface area contributed by atoms with Gasteiger partial charge in [-0.05, 0) is 62.3 Å². The lowest BCUT2D eigenvalue weighted by Crippen LogP contribution is -2.51. The number of benzene rings is 1. The number of fused-ring (bicyclic) bond motifs is 1. The van der Waals surface area contributed by atoms with Crippen molar-refractivity contribution in [1.29, 1.82) is 0 Å². The maximum Gasteiger partial charge on any atom is 0.309 e. The van der Waals surface area contributed by atoms with E-state index in [9.17, 15) is 22.8 Å².